The summed E-state index contributed by atoms with van der Waals surface area (Å²) in [4.78, 5) is 13.6. The second kappa shape index (κ2) is 4.55. The summed E-state index contributed by atoms with van der Waals surface area (Å²) >= 11 is 3.39. The third kappa shape index (κ3) is 1.99. The van der Waals surface area contributed by atoms with Crippen LogP contribution >= 0.6 is 15.9 Å². The van der Waals surface area contributed by atoms with E-state index in [1.165, 1.54) is 0 Å². The zero-order valence-corrected chi connectivity index (χ0v) is 10.6. The number of anilines is 1. The van der Waals surface area contributed by atoms with Crippen molar-refractivity contribution in [1.82, 2.24) is 0 Å². The van der Waals surface area contributed by atoms with Crippen molar-refractivity contribution >= 4 is 27.5 Å². The van der Waals surface area contributed by atoms with Crippen molar-refractivity contribution in [3.05, 3.63) is 28.7 Å². The maximum Gasteiger partial charge on any atom is 0.227 e. The van der Waals surface area contributed by atoms with Crippen LogP contribution in [0.5, 0.6) is 0 Å². The largest absolute Gasteiger partial charge is 0.396 e. The molecule has 1 fully saturated rings. The number of nitrogens with zero attached hydrogens (tertiary/aromatic N) is 1. The monoisotopic (exact) mass is 283 g/mol. The fraction of sp³-hybridized carbons (Fsp3) is 0.417. The predicted octanol–water partition coefficient (Wildman–Crippen LogP) is 2.18. The highest BCUT2D eigenvalue weighted by Crippen LogP contribution is 2.31. The molecular formula is C12H14BrNO2. The van der Waals surface area contributed by atoms with Crippen LogP contribution in [0.1, 0.15) is 13.3 Å². The van der Waals surface area contributed by atoms with Gasteiger partial charge in [-0.2, -0.15) is 0 Å². The third-order valence-electron chi connectivity index (χ3n) is 3.12. The summed E-state index contributed by atoms with van der Waals surface area (Å²) in [6, 6.07) is 7.74. The van der Waals surface area contributed by atoms with Crippen molar-refractivity contribution in [3.8, 4) is 0 Å². The molecule has 0 saturated carbocycles. The van der Waals surface area contributed by atoms with Gasteiger partial charge in [0.2, 0.25) is 5.91 Å². The zero-order valence-electron chi connectivity index (χ0n) is 9.06. The Bertz CT molecular complexity index is 408. The molecule has 0 spiro atoms. The average Bonchev–Trinajstić information content (AvgIpc) is 2.53. The molecular weight excluding hydrogens is 270 g/mol. The molecule has 1 N–H and O–H groups in total. The number of carbonyl (C=O) groups is 1. The molecule has 2 rings (SSSR count). The smallest absolute Gasteiger partial charge is 0.227 e. The molecule has 2 unspecified atom stereocenters. The van der Waals surface area contributed by atoms with Crippen molar-refractivity contribution in [1.29, 1.82) is 0 Å². The van der Waals surface area contributed by atoms with E-state index in [4.69, 9.17) is 0 Å². The first-order valence-electron chi connectivity index (χ1n) is 5.32. The summed E-state index contributed by atoms with van der Waals surface area (Å²) in [6.45, 7) is 2.05. The topological polar surface area (TPSA) is 40.5 Å². The van der Waals surface area contributed by atoms with Crippen molar-refractivity contribution in [3.63, 3.8) is 0 Å². The molecule has 1 aromatic carbocycles. The van der Waals surface area contributed by atoms with Crippen LogP contribution in [0.4, 0.5) is 5.69 Å². The van der Waals surface area contributed by atoms with Crippen LogP contribution in [0.25, 0.3) is 0 Å². The number of carbonyl (C=O) groups excluding carboxylic acids is 1. The van der Waals surface area contributed by atoms with Gasteiger partial charge in [0.25, 0.3) is 0 Å². The molecule has 0 aliphatic carbocycles. The minimum Gasteiger partial charge on any atom is -0.396 e. The number of amides is 1. The van der Waals surface area contributed by atoms with Gasteiger partial charge in [0, 0.05) is 35.1 Å². The van der Waals surface area contributed by atoms with Crippen LogP contribution in [-0.2, 0) is 4.79 Å². The fourth-order valence-electron chi connectivity index (χ4n) is 2.15. The lowest BCUT2D eigenvalue weighted by atomic mass is 10.0. The molecule has 1 aliphatic rings. The van der Waals surface area contributed by atoms with Gasteiger partial charge in [-0.05, 0) is 25.1 Å². The Balaban J connectivity index is 2.30. The van der Waals surface area contributed by atoms with Crippen molar-refractivity contribution in [2.24, 2.45) is 5.92 Å². The van der Waals surface area contributed by atoms with Crippen LogP contribution in [-0.4, -0.2) is 23.7 Å². The molecule has 0 aromatic heterocycles. The first kappa shape index (κ1) is 11.6. The lowest BCUT2D eigenvalue weighted by Crippen LogP contribution is -2.33. The Morgan fingerprint density at radius 3 is 2.88 bits per heavy atom. The zero-order chi connectivity index (χ0) is 11.7. The summed E-state index contributed by atoms with van der Waals surface area (Å²) < 4.78 is 0.956. The molecule has 2 atom stereocenters. The molecule has 0 bridgehead atoms. The molecule has 1 saturated heterocycles. The van der Waals surface area contributed by atoms with Crippen LogP contribution in [0.2, 0.25) is 0 Å². The van der Waals surface area contributed by atoms with Gasteiger partial charge in [0.05, 0.1) is 0 Å². The number of benzene rings is 1. The lowest BCUT2D eigenvalue weighted by molar-refractivity contribution is -0.117. The molecule has 1 heterocycles. The molecule has 1 aromatic rings. The molecule has 1 aliphatic heterocycles. The van der Waals surface area contributed by atoms with Crippen LogP contribution < -0.4 is 4.90 Å². The first-order chi connectivity index (χ1) is 7.63. The van der Waals surface area contributed by atoms with Gasteiger partial charge in [-0.3, -0.25) is 4.79 Å². The Kier molecular flexibility index (Phi) is 3.30. The van der Waals surface area contributed by atoms with Gasteiger partial charge in [-0.25, -0.2) is 0 Å². The van der Waals surface area contributed by atoms with E-state index in [9.17, 15) is 9.90 Å². The average molecular weight is 284 g/mol. The van der Waals surface area contributed by atoms with E-state index in [0.717, 1.165) is 10.2 Å². The number of aliphatic hydroxyl groups is 1. The summed E-state index contributed by atoms with van der Waals surface area (Å²) in [7, 11) is 0. The van der Waals surface area contributed by atoms with Crippen molar-refractivity contribution < 1.29 is 9.90 Å². The molecule has 86 valence electrons. The maximum absolute atomic E-state index is 11.9. The SMILES string of the molecule is CC1C(CO)CC(=O)N1c1cccc(Br)c1. The summed E-state index contributed by atoms with van der Waals surface area (Å²) in [6.07, 6.45) is 0.435. The summed E-state index contributed by atoms with van der Waals surface area (Å²) in [5.74, 6) is 0.135. The lowest BCUT2D eigenvalue weighted by Gasteiger charge is -2.24. The van der Waals surface area contributed by atoms with E-state index in [0.29, 0.717) is 6.42 Å². The highest BCUT2D eigenvalue weighted by molar-refractivity contribution is 9.10. The van der Waals surface area contributed by atoms with E-state index in [2.05, 4.69) is 15.9 Å². The Labute approximate surface area is 103 Å². The van der Waals surface area contributed by atoms with Gasteiger partial charge in [-0.1, -0.05) is 22.0 Å². The summed E-state index contributed by atoms with van der Waals surface area (Å²) in [5.41, 5.74) is 0.892. The van der Waals surface area contributed by atoms with Gasteiger partial charge in [-0.15, -0.1) is 0 Å². The minimum absolute atomic E-state index is 0.0477. The van der Waals surface area contributed by atoms with E-state index in [-0.39, 0.29) is 24.5 Å². The second-order valence-corrected chi connectivity index (χ2v) is 5.05. The fourth-order valence-corrected chi connectivity index (χ4v) is 2.54. The van der Waals surface area contributed by atoms with E-state index >= 15 is 0 Å². The molecule has 3 nitrogen and oxygen atoms in total. The Morgan fingerprint density at radius 1 is 1.56 bits per heavy atom. The quantitative estimate of drug-likeness (QED) is 0.904. The van der Waals surface area contributed by atoms with Crippen LogP contribution in [0.3, 0.4) is 0 Å². The van der Waals surface area contributed by atoms with E-state index < -0.39 is 0 Å². The minimum atomic E-state index is 0.0477. The number of aliphatic hydroxyl groups excluding tert-OH is 1. The molecule has 4 heteroatoms. The third-order valence-corrected chi connectivity index (χ3v) is 3.61. The van der Waals surface area contributed by atoms with Crippen LogP contribution in [0.15, 0.2) is 28.7 Å². The molecule has 16 heavy (non-hydrogen) atoms. The predicted molar refractivity (Wildman–Crippen MR) is 66.3 cm³/mol. The standard InChI is InChI=1S/C12H14BrNO2/c1-8-9(7-15)5-12(16)14(8)11-4-2-3-10(13)6-11/h2-4,6,8-9,15H,5,7H2,1H3. The van der Waals surface area contributed by atoms with Gasteiger partial charge >= 0.3 is 0 Å². The number of hydrogen-bond acceptors (Lipinski definition) is 2. The van der Waals surface area contributed by atoms with Crippen molar-refractivity contribution in [2.75, 3.05) is 11.5 Å². The highest BCUT2D eigenvalue weighted by Gasteiger charge is 2.37. The molecule has 0 radical (unpaired) electrons. The van der Waals surface area contributed by atoms with Crippen molar-refractivity contribution in [2.45, 2.75) is 19.4 Å². The number of hydrogen-bond donors (Lipinski definition) is 1. The highest BCUT2D eigenvalue weighted by atomic mass is 79.9. The van der Waals surface area contributed by atoms with Gasteiger partial charge in [0.1, 0.15) is 0 Å². The van der Waals surface area contributed by atoms with E-state index in [1.54, 1.807) is 4.90 Å². The first-order valence-corrected chi connectivity index (χ1v) is 6.11. The van der Waals surface area contributed by atoms with Gasteiger partial charge in [0.15, 0.2) is 0 Å². The number of rotatable bonds is 2. The maximum atomic E-state index is 11.9. The van der Waals surface area contributed by atoms with Gasteiger partial charge < -0.3 is 10.0 Å². The second-order valence-electron chi connectivity index (χ2n) is 4.13. The normalized spacial score (nSPS) is 25.2. The Morgan fingerprint density at radius 2 is 2.31 bits per heavy atom. The molecule has 1 amide bonds. The Hall–Kier alpha value is -0.870. The van der Waals surface area contributed by atoms with E-state index in [1.807, 2.05) is 31.2 Å². The summed E-state index contributed by atoms with van der Waals surface area (Å²) in [5, 5.41) is 9.19. The van der Waals surface area contributed by atoms with Crippen LogP contribution in [0, 0.1) is 5.92 Å². The number of halogens is 1.